The van der Waals surface area contributed by atoms with Crippen LogP contribution >= 0.6 is 15.9 Å². The lowest BCUT2D eigenvalue weighted by molar-refractivity contribution is -0.145. The van der Waals surface area contributed by atoms with Crippen LogP contribution in [0.3, 0.4) is 0 Å². The number of rotatable bonds is 3. The molecular formula is C7H13BrO2. The van der Waals surface area contributed by atoms with Gasteiger partial charge < -0.3 is 4.74 Å². The number of esters is 1. The van der Waals surface area contributed by atoms with Crippen molar-refractivity contribution in [3.8, 4) is 0 Å². The Morgan fingerprint density at radius 3 is 2.30 bits per heavy atom. The van der Waals surface area contributed by atoms with E-state index in [1.165, 1.54) is 0 Å². The fourth-order valence-electron chi connectivity index (χ4n) is 0.563. The first-order valence-electron chi connectivity index (χ1n) is 3.36. The summed E-state index contributed by atoms with van der Waals surface area (Å²) in [5.41, 5.74) is 0. The fourth-order valence-corrected chi connectivity index (χ4v) is 0.771. The number of halogens is 1. The van der Waals surface area contributed by atoms with Crippen molar-refractivity contribution >= 4 is 21.9 Å². The smallest absolute Gasteiger partial charge is 0.307 e. The lowest BCUT2D eigenvalue weighted by atomic mass is 10.1. The monoisotopic (exact) mass is 208 g/mol. The lowest BCUT2D eigenvalue weighted by Crippen LogP contribution is -2.11. The summed E-state index contributed by atoms with van der Waals surface area (Å²) in [5, 5.41) is -0.168. The van der Waals surface area contributed by atoms with Crippen molar-refractivity contribution < 1.29 is 9.53 Å². The van der Waals surface area contributed by atoms with Gasteiger partial charge in [0.05, 0.1) is 0 Å². The lowest BCUT2D eigenvalue weighted by Gasteiger charge is -2.07. The van der Waals surface area contributed by atoms with Gasteiger partial charge in [-0.15, -0.1) is 0 Å². The molecule has 60 valence electrons. The predicted octanol–water partition coefficient (Wildman–Crippen LogP) is 2.32. The Hall–Kier alpha value is -0.0500. The van der Waals surface area contributed by atoms with E-state index in [-0.39, 0.29) is 11.0 Å². The van der Waals surface area contributed by atoms with Crippen molar-refractivity contribution in [2.24, 2.45) is 5.92 Å². The van der Waals surface area contributed by atoms with Crippen molar-refractivity contribution in [3.05, 3.63) is 0 Å². The first kappa shape index (κ1) is 9.95. The Morgan fingerprint density at radius 2 is 2.00 bits per heavy atom. The van der Waals surface area contributed by atoms with Crippen LogP contribution in [-0.4, -0.2) is 11.0 Å². The molecule has 10 heavy (non-hydrogen) atoms. The summed E-state index contributed by atoms with van der Waals surface area (Å²) in [6.45, 7) is 5.75. The van der Waals surface area contributed by atoms with Gasteiger partial charge in [0.15, 0.2) is 5.01 Å². The fraction of sp³-hybridized carbons (Fsp3) is 0.857. The van der Waals surface area contributed by atoms with Crippen LogP contribution in [0.15, 0.2) is 0 Å². The quantitative estimate of drug-likeness (QED) is 0.526. The van der Waals surface area contributed by atoms with Crippen LogP contribution in [0.4, 0.5) is 0 Å². The van der Waals surface area contributed by atoms with Crippen LogP contribution in [0.1, 0.15) is 27.2 Å². The van der Waals surface area contributed by atoms with Gasteiger partial charge in [-0.05, 0) is 28.8 Å². The average Bonchev–Trinajstić information content (AvgIpc) is 1.58. The van der Waals surface area contributed by atoms with E-state index in [4.69, 9.17) is 4.74 Å². The molecular weight excluding hydrogens is 196 g/mol. The molecule has 0 N–H and O–H groups in total. The standard InChI is InChI=1S/C7H13BrO2/c1-5(2)4-7(9)10-6(3)8/h5-6H,4H2,1-3H3. The molecule has 0 radical (unpaired) electrons. The molecule has 0 heterocycles. The minimum absolute atomic E-state index is 0.139. The van der Waals surface area contributed by atoms with E-state index in [9.17, 15) is 4.79 Å². The maximum Gasteiger partial charge on any atom is 0.307 e. The summed E-state index contributed by atoms with van der Waals surface area (Å²) in [7, 11) is 0. The van der Waals surface area contributed by atoms with Crippen LogP contribution in [0.2, 0.25) is 0 Å². The second-order valence-electron chi connectivity index (χ2n) is 2.63. The number of carbonyl (C=O) groups excluding carboxylic acids is 1. The number of ether oxygens (including phenoxy) is 1. The molecule has 0 saturated heterocycles. The summed E-state index contributed by atoms with van der Waals surface area (Å²) in [6.07, 6.45) is 0.496. The molecule has 0 saturated carbocycles. The highest BCUT2D eigenvalue weighted by Crippen LogP contribution is 2.06. The highest BCUT2D eigenvalue weighted by atomic mass is 79.9. The molecule has 0 spiro atoms. The third-order valence-electron chi connectivity index (χ3n) is 0.869. The zero-order chi connectivity index (χ0) is 8.15. The average molecular weight is 209 g/mol. The molecule has 1 atom stereocenters. The normalized spacial score (nSPS) is 13.3. The molecule has 0 fully saturated rings. The molecule has 0 amide bonds. The minimum atomic E-state index is -0.168. The van der Waals surface area contributed by atoms with Crippen LogP contribution < -0.4 is 0 Å². The molecule has 0 aliphatic carbocycles. The Labute approximate surface area is 70.1 Å². The number of hydrogen-bond donors (Lipinski definition) is 0. The topological polar surface area (TPSA) is 26.3 Å². The van der Waals surface area contributed by atoms with Gasteiger partial charge in [-0.2, -0.15) is 0 Å². The van der Waals surface area contributed by atoms with Crippen LogP contribution in [0.5, 0.6) is 0 Å². The molecule has 0 aromatic heterocycles. The highest BCUT2D eigenvalue weighted by Gasteiger charge is 2.07. The number of alkyl halides is 1. The highest BCUT2D eigenvalue weighted by molar-refractivity contribution is 9.09. The van der Waals surface area contributed by atoms with E-state index in [0.29, 0.717) is 12.3 Å². The molecule has 3 heteroatoms. The maximum absolute atomic E-state index is 10.8. The van der Waals surface area contributed by atoms with E-state index in [1.54, 1.807) is 6.92 Å². The summed E-state index contributed by atoms with van der Waals surface area (Å²) in [4.78, 5) is 10.8. The van der Waals surface area contributed by atoms with Crippen molar-refractivity contribution in [1.29, 1.82) is 0 Å². The van der Waals surface area contributed by atoms with Gasteiger partial charge in [-0.25, -0.2) is 0 Å². The zero-order valence-electron chi connectivity index (χ0n) is 6.56. The van der Waals surface area contributed by atoms with Crippen LogP contribution in [0, 0.1) is 5.92 Å². The van der Waals surface area contributed by atoms with Gasteiger partial charge in [0.1, 0.15) is 0 Å². The van der Waals surface area contributed by atoms with Gasteiger partial charge in [0.2, 0.25) is 0 Å². The van der Waals surface area contributed by atoms with E-state index in [0.717, 1.165) is 0 Å². The van der Waals surface area contributed by atoms with Gasteiger partial charge in [-0.1, -0.05) is 13.8 Å². The first-order chi connectivity index (χ1) is 4.52. The molecule has 0 bridgehead atoms. The Kier molecular flexibility index (Phi) is 4.69. The predicted molar refractivity (Wildman–Crippen MR) is 43.9 cm³/mol. The van der Waals surface area contributed by atoms with Crippen molar-refractivity contribution in [2.45, 2.75) is 32.2 Å². The minimum Gasteiger partial charge on any atom is -0.451 e. The number of hydrogen-bond acceptors (Lipinski definition) is 2. The molecule has 2 nitrogen and oxygen atoms in total. The van der Waals surface area contributed by atoms with Crippen molar-refractivity contribution in [1.82, 2.24) is 0 Å². The van der Waals surface area contributed by atoms with Crippen molar-refractivity contribution in [3.63, 3.8) is 0 Å². The largest absolute Gasteiger partial charge is 0.451 e. The second kappa shape index (κ2) is 4.72. The molecule has 0 aliphatic rings. The summed E-state index contributed by atoms with van der Waals surface area (Å²) < 4.78 is 4.84. The third-order valence-corrected chi connectivity index (χ3v) is 1.06. The Morgan fingerprint density at radius 1 is 1.50 bits per heavy atom. The molecule has 0 rings (SSSR count). The van der Waals surface area contributed by atoms with E-state index in [2.05, 4.69) is 15.9 Å². The molecule has 0 aliphatic heterocycles. The van der Waals surface area contributed by atoms with Crippen molar-refractivity contribution in [2.75, 3.05) is 0 Å². The summed E-state index contributed by atoms with van der Waals surface area (Å²) in [5.74, 6) is 0.234. The summed E-state index contributed by atoms with van der Waals surface area (Å²) >= 11 is 3.12. The molecule has 1 unspecified atom stereocenters. The van der Waals surface area contributed by atoms with Gasteiger partial charge in [0.25, 0.3) is 0 Å². The molecule has 0 aromatic rings. The van der Waals surface area contributed by atoms with Crippen LogP contribution in [-0.2, 0) is 9.53 Å². The van der Waals surface area contributed by atoms with Gasteiger partial charge >= 0.3 is 5.97 Å². The van der Waals surface area contributed by atoms with E-state index >= 15 is 0 Å². The van der Waals surface area contributed by atoms with E-state index < -0.39 is 0 Å². The maximum atomic E-state index is 10.8. The Balaban J connectivity index is 3.44. The SMILES string of the molecule is CC(C)CC(=O)OC(C)Br. The van der Waals surface area contributed by atoms with Gasteiger partial charge in [0, 0.05) is 6.42 Å². The second-order valence-corrected chi connectivity index (χ2v) is 3.92. The molecule has 0 aromatic carbocycles. The Bertz CT molecular complexity index is 98.2. The number of carbonyl (C=O) groups is 1. The first-order valence-corrected chi connectivity index (χ1v) is 4.27. The van der Waals surface area contributed by atoms with Crippen LogP contribution in [0.25, 0.3) is 0 Å². The van der Waals surface area contributed by atoms with E-state index in [1.807, 2.05) is 13.8 Å². The summed E-state index contributed by atoms with van der Waals surface area (Å²) in [6, 6.07) is 0. The zero-order valence-corrected chi connectivity index (χ0v) is 8.14. The van der Waals surface area contributed by atoms with Gasteiger partial charge in [-0.3, -0.25) is 4.79 Å². The third kappa shape index (κ3) is 6.08.